The molecule has 29 heavy (non-hydrogen) atoms. The number of carbonyl (C=O) groups is 2. The maximum atomic E-state index is 13.9. The molecule has 2 rings (SSSR count). The summed E-state index contributed by atoms with van der Waals surface area (Å²) < 4.78 is 105. The molecule has 0 aliphatic rings. The van der Waals surface area contributed by atoms with E-state index in [9.17, 15) is 44.7 Å². The van der Waals surface area contributed by atoms with Crippen LogP contribution in [0.15, 0.2) is 30.3 Å². The van der Waals surface area contributed by atoms with Crippen molar-refractivity contribution >= 4 is 29.2 Å². The number of hydrogen-bond acceptors (Lipinski definition) is 2. The van der Waals surface area contributed by atoms with Crippen molar-refractivity contribution in [1.29, 1.82) is 0 Å². The summed E-state index contributed by atoms with van der Waals surface area (Å²) in [5.41, 5.74) is -4.02. The molecule has 0 atom stereocenters. The van der Waals surface area contributed by atoms with E-state index in [1.165, 1.54) is 5.32 Å². The largest absolute Gasteiger partial charge is 0.458 e. The van der Waals surface area contributed by atoms with E-state index in [1.807, 2.05) is 0 Å². The summed E-state index contributed by atoms with van der Waals surface area (Å²) in [6.07, 6.45) is -6.06. The highest BCUT2D eigenvalue weighted by Gasteiger charge is 2.59. The molecule has 3 amide bonds. The number of hydrogen-bond donors (Lipinski definition) is 2. The Morgan fingerprint density at radius 3 is 1.97 bits per heavy atom. The minimum atomic E-state index is -6.06. The second-order valence-electron chi connectivity index (χ2n) is 5.39. The molecule has 2 aromatic carbocycles. The van der Waals surface area contributed by atoms with Gasteiger partial charge in [0, 0.05) is 0 Å². The molecule has 2 aromatic rings. The Morgan fingerprint density at radius 1 is 0.897 bits per heavy atom. The Morgan fingerprint density at radius 2 is 1.45 bits per heavy atom. The van der Waals surface area contributed by atoms with E-state index in [4.69, 9.17) is 11.6 Å². The first kappa shape index (κ1) is 22.4. The molecule has 4 nitrogen and oxygen atoms in total. The highest BCUT2D eigenvalue weighted by molar-refractivity contribution is 6.31. The second-order valence-corrected chi connectivity index (χ2v) is 5.80. The minimum absolute atomic E-state index is 0.246. The fraction of sp³-hybridized carbons (Fsp3) is 0.125. The normalized spacial score (nSPS) is 11.9. The summed E-state index contributed by atoms with van der Waals surface area (Å²) in [5.74, 6) is -11.4. The summed E-state index contributed by atoms with van der Waals surface area (Å²) in [6.45, 7) is 0. The standard InChI is InChI=1S/C16H7ClF8N2O2/c17-7-5-11(10(20)4-6(7)15(21,22)16(23,24)25)26-14(29)27-13(28)12-8(18)2-1-3-9(12)19/h1-5H,(H2,26,27,28,29). The van der Waals surface area contributed by atoms with Crippen LogP contribution in [-0.2, 0) is 5.92 Å². The number of amides is 3. The summed E-state index contributed by atoms with van der Waals surface area (Å²) in [5, 5.41) is 1.80. The molecule has 0 aliphatic heterocycles. The number of urea groups is 1. The van der Waals surface area contributed by atoms with E-state index >= 15 is 0 Å². The average Bonchev–Trinajstić information content (AvgIpc) is 2.56. The van der Waals surface area contributed by atoms with Crippen molar-refractivity contribution in [3.8, 4) is 0 Å². The molecule has 0 bridgehead atoms. The Hall–Kier alpha value is -2.89. The van der Waals surface area contributed by atoms with Crippen molar-refractivity contribution in [3.05, 3.63) is 63.9 Å². The SMILES string of the molecule is O=C(NC(=O)c1c(F)cccc1F)Nc1cc(Cl)c(C(F)(F)C(F)(F)F)cc1F. The predicted molar refractivity (Wildman–Crippen MR) is 84.2 cm³/mol. The number of carbonyl (C=O) groups excluding carboxylic acids is 2. The number of halogens is 9. The van der Waals surface area contributed by atoms with Gasteiger partial charge in [-0.1, -0.05) is 17.7 Å². The quantitative estimate of drug-likeness (QED) is 0.623. The first-order valence-corrected chi connectivity index (χ1v) is 7.64. The van der Waals surface area contributed by atoms with Crippen LogP contribution >= 0.6 is 11.6 Å². The molecular formula is C16H7ClF8N2O2. The first-order valence-electron chi connectivity index (χ1n) is 7.26. The Balaban J connectivity index is 2.24. The molecule has 2 N–H and O–H groups in total. The van der Waals surface area contributed by atoms with Crippen LogP contribution in [0.25, 0.3) is 0 Å². The molecule has 0 saturated heterocycles. The monoisotopic (exact) mass is 446 g/mol. The molecule has 0 radical (unpaired) electrons. The second kappa shape index (κ2) is 7.85. The summed E-state index contributed by atoms with van der Waals surface area (Å²) >= 11 is 5.33. The van der Waals surface area contributed by atoms with Crippen LogP contribution in [-0.4, -0.2) is 18.1 Å². The Labute approximate surface area is 161 Å². The van der Waals surface area contributed by atoms with Gasteiger partial charge in [-0.15, -0.1) is 0 Å². The number of nitrogens with one attached hydrogen (secondary N) is 2. The van der Waals surface area contributed by atoms with Gasteiger partial charge in [-0.2, -0.15) is 22.0 Å². The van der Waals surface area contributed by atoms with Gasteiger partial charge >= 0.3 is 18.1 Å². The third-order valence-corrected chi connectivity index (χ3v) is 3.73. The van der Waals surface area contributed by atoms with Gasteiger partial charge in [-0.05, 0) is 24.3 Å². The third kappa shape index (κ3) is 4.58. The van der Waals surface area contributed by atoms with Gasteiger partial charge in [0.15, 0.2) is 0 Å². The van der Waals surface area contributed by atoms with Crippen molar-refractivity contribution in [1.82, 2.24) is 5.32 Å². The van der Waals surface area contributed by atoms with Crippen LogP contribution in [0.1, 0.15) is 15.9 Å². The molecule has 0 spiro atoms. The van der Waals surface area contributed by atoms with Crippen molar-refractivity contribution in [2.45, 2.75) is 12.1 Å². The smallest absolute Gasteiger partial charge is 0.305 e. The van der Waals surface area contributed by atoms with Crippen LogP contribution in [0.4, 0.5) is 45.6 Å². The number of rotatable bonds is 3. The summed E-state index contributed by atoms with van der Waals surface area (Å²) in [6, 6.07) is 0.813. The average molecular weight is 447 g/mol. The molecule has 0 saturated carbocycles. The lowest BCUT2D eigenvalue weighted by Crippen LogP contribution is -2.36. The van der Waals surface area contributed by atoms with Crippen molar-refractivity contribution < 1.29 is 44.7 Å². The lowest BCUT2D eigenvalue weighted by atomic mass is 10.1. The van der Waals surface area contributed by atoms with E-state index in [1.54, 1.807) is 5.32 Å². The van der Waals surface area contributed by atoms with Crippen LogP contribution in [0, 0.1) is 17.5 Å². The van der Waals surface area contributed by atoms with Gasteiger partial charge in [0.25, 0.3) is 5.91 Å². The molecule has 0 aliphatic carbocycles. The van der Waals surface area contributed by atoms with Crippen LogP contribution < -0.4 is 10.6 Å². The van der Waals surface area contributed by atoms with E-state index in [-0.39, 0.29) is 12.1 Å². The number of benzene rings is 2. The zero-order chi connectivity index (χ0) is 22.1. The molecule has 0 heterocycles. The van der Waals surface area contributed by atoms with Crippen molar-refractivity contribution in [2.75, 3.05) is 5.32 Å². The molecule has 0 aromatic heterocycles. The topological polar surface area (TPSA) is 58.2 Å². The highest BCUT2D eigenvalue weighted by atomic mass is 35.5. The van der Waals surface area contributed by atoms with E-state index < -0.39 is 63.3 Å². The van der Waals surface area contributed by atoms with Crippen LogP contribution in [0.5, 0.6) is 0 Å². The van der Waals surface area contributed by atoms with Crippen molar-refractivity contribution in [2.24, 2.45) is 0 Å². The maximum Gasteiger partial charge on any atom is 0.458 e. The molecule has 0 fully saturated rings. The third-order valence-electron chi connectivity index (χ3n) is 3.42. The van der Waals surface area contributed by atoms with E-state index in [0.29, 0.717) is 0 Å². The number of anilines is 1. The lowest BCUT2D eigenvalue weighted by molar-refractivity contribution is -0.289. The molecule has 0 unspecified atom stereocenters. The maximum absolute atomic E-state index is 13.9. The molecule has 156 valence electrons. The van der Waals surface area contributed by atoms with Gasteiger partial charge in [0.05, 0.1) is 16.3 Å². The minimum Gasteiger partial charge on any atom is -0.305 e. The van der Waals surface area contributed by atoms with Crippen LogP contribution in [0.2, 0.25) is 5.02 Å². The molecular weight excluding hydrogens is 440 g/mol. The first-order chi connectivity index (χ1) is 13.3. The van der Waals surface area contributed by atoms with E-state index in [0.717, 1.165) is 18.2 Å². The Bertz CT molecular complexity index is 958. The summed E-state index contributed by atoms with van der Waals surface area (Å²) in [4.78, 5) is 23.4. The highest BCUT2D eigenvalue weighted by Crippen LogP contribution is 2.47. The zero-order valence-electron chi connectivity index (χ0n) is 13.6. The van der Waals surface area contributed by atoms with Gasteiger partial charge in [-0.25, -0.2) is 18.0 Å². The number of alkyl halides is 5. The van der Waals surface area contributed by atoms with Crippen LogP contribution in [0.3, 0.4) is 0 Å². The van der Waals surface area contributed by atoms with Crippen molar-refractivity contribution in [3.63, 3.8) is 0 Å². The predicted octanol–water partition coefficient (Wildman–Crippen LogP) is 5.37. The van der Waals surface area contributed by atoms with Gasteiger partial charge in [0.1, 0.15) is 23.0 Å². The zero-order valence-corrected chi connectivity index (χ0v) is 14.4. The van der Waals surface area contributed by atoms with Gasteiger partial charge < -0.3 is 5.32 Å². The Kier molecular flexibility index (Phi) is 6.07. The fourth-order valence-electron chi connectivity index (χ4n) is 2.07. The fourth-order valence-corrected chi connectivity index (χ4v) is 2.35. The molecule has 13 heteroatoms. The van der Waals surface area contributed by atoms with Gasteiger partial charge in [0.2, 0.25) is 0 Å². The summed E-state index contributed by atoms with van der Waals surface area (Å²) in [7, 11) is 0. The van der Waals surface area contributed by atoms with Gasteiger partial charge in [-0.3, -0.25) is 10.1 Å². The lowest BCUT2D eigenvalue weighted by Gasteiger charge is -2.21. The number of imide groups is 1. The van der Waals surface area contributed by atoms with E-state index in [2.05, 4.69) is 0 Å².